The number of hydrogen-bond acceptors (Lipinski definition) is 4. The number of carboxylic acids is 1. The fourth-order valence-electron chi connectivity index (χ4n) is 1.11. The monoisotopic (exact) mass is 226 g/mol. The molecular formula is C10H10O4S. The summed E-state index contributed by atoms with van der Waals surface area (Å²) in [4.78, 5) is 22.7. The summed E-state index contributed by atoms with van der Waals surface area (Å²) < 4.78 is 4.57. The van der Waals surface area contributed by atoms with Crippen molar-refractivity contribution in [3.05, 3.63) is 29.3 Å². The zero-order valence-electron chi connectivity index (χ0n) is 8.31. The molecule has 80 valence electrons. The van der Waals surface area contributed by atoms with Crippen LogP contribution in [0.1, 0.15) is 20.7 Å². The molecule has 0 aliphatic carbocycles. The van der Waals surface area contributed by atoms with Crippen molar-refractivity contribution in [3.63, 3.8) is 0 Å². The maximum absolute atomic E-state index is 11.3. The van der Waals surface area contributed by atoms with Crippen molar-refractivity contribution in [2.24, 2.45) is 0 Å². The molecule has 15 heavy (non-hydrogen) atoms. The molecule has 0 saturated carbocycles. The van der Waals surface area contributed by atoms with Crippen molar-refractivity contribution in [1.82, 2.24) is 0 Å². The standard InChI is InChI=1S/C10H10O4S/c1-14-10(13)7-5-6(9(11)12)3-4-8(7)15-2/h3-5H,1-2H3,(H,11,12). The first-order chi connectivity index (χ1) is 7.10. The second-order valence-electron chi connectivity index (χ2n) is 2.71. The van der Waals surface area contributed by atoms with Gasteiger partial charge in [-0.1, -0.05) is 0 Å². The van der Waals surface area contributed by atoms with E-state index in [0.29, 0.717) is 4.90 Å². The molecule has 0 saturated heterocycles. The molecule has 0 spiro atoms. The van der Waals surface area contributed by atoms with Crippen molar-refractivity contribution in [3.8, 4) is 0 Å². The molecule has 1 aromatic rings. The van der Waals surface area contributed by atoms with Crippen LogP contribution in [0, 0.1) is 0 Å². The van der Waals surface area contributed by atoms with E-state index >= 15 is 0 Å². The summed E-state index contributed by atoms with van der Waals surface area (Å²) in [6.45, 7) is 0. The van der Waals surface area contributed by atoms with Crippen molar-refractivity contribution in [1.29, 1.82) is 0 Å². The topological polar surface area (TPSA) is 63.6 Å². The minimum absolute atomic E-state index is 0.0770. The van der Waals surface area contributed by atoms with Gasteiger partial charge < -0.3 is 9.84 Å². The first-order valence-corrected chi connectivity index (χ1v) is 5.32. The van der Waals surface area contributed by atoms with Crippen LogP contribution in [0.4, 0.5) is 0 Å². The third kappa shape index (κ3) is 2.50. The molecule has 0 fully saturated rings. The van der Waals surface area contributed by atoms with Gasteiger partial charge in [0.2, 0.25) is 0 Å². The summed E-state index contributed by atoms with van der Waals surface area (Å²) in [5, 5.41) is 8.77. The van der Waals surface area contributed by atoms with Gasteiger partial charge in [-0.15, -0.1) is 11.8 Å². The van der Waals surface area contributed by atoms with E-state index in [0.717, 1.165) is 0 Å². The van der Waals surface area contributed by atoms with Crippen LogP contribution < -0.4 is 0 Å². The van der Waals surface area contributed by atoms with Crippen LogP contribution >= 0.6 is 11.8 Å². The number of ether oxygens (including phenoxy) is 1. The molecule has 0 unspecified atom stereocenters. The molecule has 0 aliphatic heterocycles. The molecule has 0 aromatic heterocycles. The Morgan fingerprint density at radius 2 is 2.07 bits per heavy atom. The number of benzene rings is 1. The zero-order chi connectivity index (χ0) is 11.4. The van der Waals surface area contributed by atoms with E-state index in [-0.39, 0.29) is 11.1 Å². The lowest BCUT2D eigenvalue weighted by atomic mass is 10.1. The normalized spacial score (nSPS) is 9.73. The molecule has 0 radical (unpaired) electrons. The molecular weight excluding hydrogens is 216 g/mol. The minimum atomic E-state index is -1.06. The zero-order valence-corrected chi connectivity index (χ0v) is 9.13. The highest BCUT2D eigenvalue weighted by Crippen LogP contribution is 2.22. The summed E-state index contributed by atoms with van der Waals surface area (Å²) in [5.74, 6) is -1.59. The van der Waals surface area contributed by atoms with Crippen LogP contribution in [0.2, 0.25) is 0 Å². The van der Waals surface area contributed by atoms with E-state index in [4.69, 9.17) is 5.11 Å². The van der Waals surface area contributed by atoms with Gasteiger partial charge in [0, 0.05) is 4.90 Å². The van der Waals surface area contributed by atoms with E-state index in [1.807, 2.05) is 6.26 Å². The highest BCUT2D eigenvalue weighted by molar-refractivity contribution is 7.98. The van der Waals surface area contributed by atoms with Gasteiger partial charge in [0.25, 0.3) is 0 Å². The molecule has 0 heterocycles. The summed E-state index contributed by atoms with van der Waals surface area (Å²) in [7, 11) is 1.26. The number of carbonyl (C=O) groups excluding carboxylic acids is 1. The van der Waals surface area contributed by atoms with Crippen LogP contribution in [0.25, 0.3) is 0 Å². The van der Waals surface area contributed by atoms with Gasteiger partial charge in [0.05, 0.1) is 18.2 Å². The average Bonchev–Trinajstić information content (AvgIpc) is 2.27. The highest BCUT2D eigenvalue weighted by Gasteiger charge is 2.14. The van der Waals surface area contributed by atoms with Gasteiger partial charge in [0.15, 0.2) is 0 Å². The molecule has 1 aromatic carbocycles. The number of esters is 1. The predicted molar refractivity (Wildman–Crippen MR) is 56.5 cm³/mol. The summed E-state index contributed by atoms with van der Waals surface area (Å²) >= 11 is 1.37. The van der Waals surface area contributed by atoms with E-state index in [1.165, 1.54) is 31.0 Å². The van der Waals surface area contributed by atoms with Crippen molar-refractivity contribution in [2.45, 2.75) is 4.90 Å². The summed E-state index contributed by atoms with van der Waals surface area (Å²) in [5.41, 5.74) is 0.359. The predicted octanol–water partition coefficient (Wildman–Crippen LogP) is 1.89. The first-order valence-electron chi connectivity index (χ1n) is 4.09. The SMILES string of the molecule is COC(=O)c1cc(C(=O)O)ccc1SC. The minimum Gasteiger partial charge on any atom is -0.478 e. The Morgan fingerprint density at radius 1 is 1.40 bits per heavy atom. The molecule has 4 nitrogen and oxygen atoms in total. The lowest BCUT2D eigenvalue weighted by Crippen LogP contribution is -2.06. The Kier molecular flexibility index (Phi) is 3.74. The number of rotatable bonds is 3. The molecule has 0 amide bonds. The Balaban J connectivity index is 3.25. The highest BCUT2D eigenvalue weighted by atomic mass is 32.2. The summed E-state index contributed by atoms with van der Waals surface area (Å²) in [6.07, 6.45) is 1.81. The van der Waals surface area contributed by atoms with Gasteiger partial charge in [-0.3, -0.25) is 0 Å². The molecule has 5 heteroatoms. The van der Waals surface area contributed by atoms with E-state index < -0.39 is 11.9 Å². The van der Waals surface area contributed by atoms with Crippen molar-refractivity contribution >= 4 is 23.7 Å². The molecule has 0 aliphatic rings. The fourth-order valence-corrected chi connectivity index (χ4v) is 1.68. The maximum atomic E-state index is 11.3. The number of carboxylic acid groups (broad SMARTS) is 1. The van der Waals surface area contributed by atoms with Crippen LogP contribution in [-0.4, -0.2) is 30.4 Å². The number of hydrogen-bond donors (Lipinski definition) is 1. The smallest absolute Gasteiger partial charge is 0.339 e. The van der Waals surface area contributed by atoms with Gasteiger partial charge in [0.1, 0.15) is 0 Å². The second kappa shape index (κ2) is 4.84. The second-order valence-corrected chi connectivity index (χ2v) is 3.56. The van der Waals surface area contributed by atoms with Crippen molar-refractivity contribution < 1.29 is 19.4 Å². The van der Waals surface area contributed by atoms with E-state index in [9.17, 15) is 9.59 Å². The lowest BCUT2D eigenvalue weighted by Gasteiger charge is -2.06. The number of carbonyl (C=O) groups is 2. The fraction of sp³-hybridized carbons (Fsp3) is 0.200. The Morgan fingerprint density at radius 3 is 2.53 bits per heavy atom. The molecule has 0 bridgehead atoms. The van der Waals surface area contributed by atoms with Gasteiger partial charge in [-0.2, -0.15) is 0 Å². The lowest BCUT2D eigenvalue weighted by molar-refractivity contribution is 0.0597. The molecule has 1 rings (SSSR count). The number of thioether (sulfide) groups is 1. The number of methoxy groups -OCH3 is 1. The average molecular weight is 226 g/mol. The maximum Gasteiger partial charge on any atom is 0.339 e. The van der Waals surface area contributed by atoms with E-state index in [1.54, 1.807) is 6.07 Å². The Labute approximate surface area is 91.2 Å². The Bertz CT molecular complexity index is 400. The van der Waals surface area contributed by atoms with E-state index in [2.05, 4.69) is 4.74 Å². The third-order valence-corrected chi connectivity index (χ3v) is 2.65. The first kappa shape index (κ1) is 11.6. The van der Waals surface area contributed by atoms with Crippen molar-refractivity contribution in [2.75, 3.05) is 13.4 Å². The van der Waals surface area contributed by atoms with Crippen LogP contribution in [0.3, 0.4) is 0 Å². The quantitative estimate of drug-likeness (QED) is 0.630. The summed E-state index contributed by atoms with van der Waals surface area (Å²) in [6, 6.07) is 4.38. The van der Waals surface area contributed by atoms with Crippen LogP contribution in [-0.2, 0) is 4.74 Å². The van der Waals surface area contributed by atoms with Crippen LogP contribution in [0.15, 0.2) is 23.1 Å². The Hall–Kier alpha value is -1.49. The largest absolute Gasteiger partial charge is 0.478 e. The molecule has 0 atom stereocenters. The third-order valence-electron chi connectivity index (χ3n) is 1.85. The van der Waals surface area contributed by atoms with Gasteiger partial charge >= 0.3 is 11.9 Å². The van der Waals surface area contributed by atoms with Gasteiger partial charge in [-0.25, -0.2) is 9.59 Å². The molecule has 1 N–H and O–H groups in total. The van der Waals surface area contributed by atoms with Crippen LogP contribution in [0.5, 0.6) is 0 Å². The number of aromatic carboxylic acids is 1. The van der Waals surface area contributed by atoms with Gasteiger partial charge in [-0.05, 0) is 24.5 Å².